The molecule has 4 heteroatoms. The van der Waals surface area contributed by atoms with Gasteiger partial charge in [0.05, 0.1) is 11.9 Å². The predicted octanol–water partition coefficient (Wildman–Crippen LogP) is 5.20. The molecule has 4 rings (SSSR count). The van der Waals surface area contributed by atoms with Crippen LogP contribution in [0.25, 0.3) is 21.5 Å². The molecule has 0 saturated heterocycles. The van der Waals surface area contributed by atoms with Gasteiger partial charge in [-0.2, -0.15) is 5.10 Å². The largest absolute Gasteiger partial charge is 0.253 e. The van der Waals surface area contributed by atoms with E-state index in [4.69, 9.17) is 0 Å². The van der Waals surface area contributed by atoms with Crippen molar-refractivity contribution in [3.05, 3.63) is 71.2 Å². The fourth-order valence-electron chi connectivity index (χ4n) is 2.76. The predicted molar refractivity (Wildman–Crippen MR) is 99.5 cm³/mol. The van der Waals surface area contributed by atoms with E-state index in [-0.39, 0.29) is 0 Å². The number of aromatic nitrogens is 1. The maximum absolute atomic E-state index is 4.36. The lowest BCUT2D eigenvalue weighted by Crippen LogP contribution is -1.91. The maximum atomic E-state index is 4.36. The van der Waals surface area contributed by atoms with E-state index in [2.05, 4.69) is 70.1 Å². The van der Waals surface area contributed by atoms with Crippen molar-refractivity contribution < 1.29 is 0 Å². The number of thiazole rings is 1. The highest BCUT2D eigenvalue weighted by Gasteiger charge is 2.04. The maximum Gasteiger partial charge on any atom is 0.203 e. The molecule has 0 aliphatic carbocycles. The first-order valence-electron chi connectivity index (χ1n) is 7.43. The zero-order valence-electron chi connectivity index (χ0n) is 12.7. The number of nitrogens with zero attached hydrogens (tertiary/aromatic N) is 2. The Hall–Kier alpha value is -2.72. The summed E-state index contributed by atoms with van der Waals surface area (Å²) in [5.74, 6) is 0. The minimum absolute atomic E-state index is 0.809. The normalized spacial score (nSPS) is 11.5. The number of hydrazone groups is 1. The Kier molecular flexibility index (Phi) is 3.52. The summed E-state index contributed by atoms with van der Waals surface area (Å²) in [5.41, 5.74) is 5.10. The van der Waals surface area contributed by atoms with Gasteiger partial charge in [0, 0.05) is 10.9 Å². The summed E-state index contributed by atoms with van der Waals surface area (Å²) >= 11 is 1.55. The second-order valence-electron chi connectivity index (χ2n) is 5.40. The summed E-state index contributed by atoms with van der Waals surface area (Å²) < 4.78 is 0. The van der Waals surface area contributed by atoms with Crippen molar-refractivity contribution in [3.63, 3.8) is 0 Å². The monoisotopic (exact) mass is 317 g/mol. The molecule has 1 N–H and O–H groups in total. The minimum Gasteiger partial charge on any atom is -0.253 e. The number of benzene rings is 3. The topological polar surface area (TPSA) is 37.3 Å². The Morgan fingerprint density at radius 3 is 2.70 bits per heavy atom. The number of fused-ring (bicyclic) bond motifs is 3. The van der Waals surface area contributed by atoms with Gasteiger partial charge in [0.15, 0.2) is 0 Å². The van der Waals surface area contributed by atoms with Crippen LogP contribution < -0.4 is 5.43 Å². The average Bonchev–Trinajstić information content (AvgIpc) is 3.00. The highest BCUT2D eigenvalue weighted by molar-refractivity contribution is 7.13. The van der Waals surface area contributed by atoms with Crippen LogP contribution >= 0.6 is 11.3 Å². The van der Waals surface area contributed by atoms with Crippen LogP contribution in [0, 0.1) is 6.92 Å². The van der Waals surface area contributed by atoms with Gasteiger partial charge in [0.25, 0.3) is 0 Å². The average molecular weight is 317 g/mol. The molecule has 0 aliphatic rings. The summed E-state index contributed by atoms with van der Waals surface area (Å²) in [6, 6.07) is 19.0. The molecule has 0 bridgehead atoms. The summed E-state index contributed by atoms with van der Waals surface area (Å²) in [7, 11) is 0. The molecule has 0 saturated carbocycles. The first-order chi connectivity index (χ1) is 11.3. The number of anilines is 1. The number of nitrogens with one attached hydrogen (secondary N) is 1. The number of hydrogen-bond donors (Lipinski definition) is 1. The van der Waals surface area contributed by atoms with E-state index in [9.17, 15) is 0 Å². The van der Waals surface area contributed by atoms with Gasteiger partial charge in [-0.05, 0) is 28.5 Å². The van der Waals surface area contributed by atoms with E-state index < -0.39 is 0 Å². The van der Waals surface area contributed by atoms with Crippen LogP contribution in [0.2, 0.25) is 0 Å². The van der Waals surface area contributed by atoms with Crippen molar-refractivity contribution >= 4 is 44.2 Å². The van der Waals surface area contributed by atoms with Gasteiger partial charge in [-0.1, -0.05) is 54.6 Å². The third kappa shape index (κ3) is 2.69. The van der Waals surface area contributed by atoms with Crippen LogP contribution in [0.1, 0.15) is 11.3 Å². The van der Waals surface area contributed by atoms with Gasteiger partial charge in [-0.15, -0.1) is 11.3 Å². The molecule has 112 valence electrons. The summed E-state index contributed by atoms with van der Waals surface area (Å²) in [6.45, 7) is 1.97. The van der Waals surface area contributed by atoms with Gasteiger partial charge >= 0.3 is 0 Å². The summed E-state index contributed by atoms with van der Waals surface area (Å²) in [5, 5.41) is 12.1. The number of hydrogen-bond acceptors (Lipinski definition) is 4. The van der Waals surface area contributed by atoms with E-state index in [0.29, 0.717) is 0 Å². The van der Waals surface area contributed by atoms with Crippen molar-refractivity contribution in [2.24, 2.45) is 5.10 Å². The lowest BCUT2D eigenvalue weighted by atomic mass is 9.98. The molecule has 0 fully saturated rings. The highest BCUT2D eigenvalue weighted by Crippen LogP contribution is 2.27. The molecule has 0 atom stereocenters. The standard InChI is InChI=1S/C19H15N3S/c1-13-12-23-19(21-13)22-20-11-16-7-4-6-15-10-9-14-5-2-3-8-17(14)18(15)16/h2-12H,1H3,(H,21,22). The minimum atomic E-state index is 0.809. The van der Waals surface area contributed by atoms with Crippen LogP contribution in [-0.4, -0.2) is 11.2 Å². The molecule has 0 radical (unpaired) electrons. The molecule has 3 nitrogen and oxygen atoms in total. The Bertz CT molecular complexity index is 1020. The van der Waals surface area contributed by atoms with Crippen molar-refractivity contribution in [2.45, 2.75) is 6.92 Å². The third-order valence-corrected chi connectivity index (χ3v) is 4.65. The summed E-state index contributed by atoms with van der Waals surface area (Å²) in [4.78, 5) is 4.35. The second-order valence-corrected chi connectivity index (χ2v) is 6.25. The Balaban J connectivity index is 1.78. The Labute approximate surface area is 138 Å². The molecular weight excluding hydrogens is 302 g/mol. The molecule has 0 amide bonds. The van der Waals surface area contributed by atoms with Crippen LogP contribution in [0.5, 0.6) is 0 Å². The zero-order chi connectivity index (χ0) is 15.6. The zero-order valence-corrected chi connectivity index (χ0v) is 13.5. The molecule has 1 aromatic heterocycles. The first-order valence-corrected chi connectivity index (χ1v) is 8.31. The van der Waals surface area contributed by atoms with Crippen molar-refractivity contribution in [3.8, 4) is 0 Å². The summed E-state index contributed by atoms with van der Waals surface area (Å²) in [6.07, 6.45) is 1.87. The van der Waals surface area contributed by atoms with Gasteiger partial charge in [-0.25, -0.2) is 4.98 Å². The molecule has 3 aromatic carbocycles. The van der Waals surface area contributed by atoms with E-state index in [1.807, 2.05) is 18.5 Å². The van der Waals surface area contributed by atoms with E-state index in [1.165, 1.54) is 21.5 Å². The van der Waals surface area contributed by atoms with Crippen molar-refractivity contribution in [1.29, 1.82) is 0 Å². The lowest BCUT2D eigenvalue weighted by Gasteiger charge is -2.06. The molecule has 23 heavy (non-hydrogen) atoms. The molecule has 4 aromatic rings. The van der Waals surface area contributed by atoms with E-state index in [1.54, 1.807) is 11.3 Å². The first kappa shape index (κ1) is 13.9. The third-order valence-electron chi connectivity index (χ3n) is 3.78. The van der Waals surface area contributed by atoms with Gasteiger partial charge < -0.3 is 0 Å². The molecule has 1 heterocycles. The van der Waals surface area contributed by atoms with E-state index in [0.717, 1.165) is 16.4 Å². The number of aryl methyl sites for hydroxylation is 1. The number of rotatable bonds is 3. The van der Waals surface area contributed by atoms with Crippen LogP contribution in [0.4, 0.5) is 5.13 Å². The van der Waals surface area contributed by atoms with Crippen LogP contribution in [0.3, 0.4) is 0 Å². The van der Waals surface area contributed by atoms with Crippen molar-refractivity contribution in [1.82, 2.24) is 4.98 Å². The Morgan fingerprint density at radius 1 is 1.00 bits per heavy atom. The van der Waals surface area contributed by atoms with Crippen LogP contribution in [-0.2, 0) is 0 Å². The fourth-order valence-corrected chi connectivity index (χ4v) is 3.40. The fraction of sp³-hybridized carbons (Fsp3) is 0.0526. The van der Waals surface area contributed by atoms with Crippen molar-refractivity contribution in [2.75, 3.05) is 5.43 Å². The van der Waals surface area contributed by atoms with Gasteiger partial charge in [0.2, 0.25) is 5.13 Å². The molecular formula is C19H15N3S. The van der Waals surface area contributed by atoms with Gasteiger partial charge in [-0.3, -0.25) is 5.43 Å². The molecule has 0 unspecified atom stereocenters. The lowest BCUT2D eigenvalue weighted by molar-refractivity contribution is 1.22. The van der Waals surface area contributed by atoms with E-state index >= 15 is 0 Å². The highest BCUT2D eigenvalue weighted by atomic mass is 32.1. The van der Waals surface area contributed by atoms with Gasteiger partial charge in [0.1, 0.15) is 0 Å². The quantitative estimate of drug-likeness (QED) is 0.320. The second kappa shape index (κ2) is 5.82. The SMILES string of the molecule is Cc1csc(NN=Cc2cccc3ccc4ccccc4c23)n1. The Morgan fingerprint density at radius 2 is 1.83 bits per heavy atom. The molecule has 0 spiro atoms. The van der Waals surface area contributed by atoms with Crippen LogP contribution in [0.15, 0.2) is 65.1 Å². The smallest absolute Gasteiger partial charge is 0.203 e. The molecule has 0 aliphatic heterocycles.